The molecule has 0 aliphatic heterocycles. The van der Waals surface area contributed by atoms with Crippen LogP contribution in [-0.2, 0) is 13.0 Å². The van der Waals surface area contributed by atoms with Crippen LogP contribution in [0, 0.1) is 11.3 Å². The number of aromatic nitrogens is 3. The Balaban J connectivity index is 2.14. The Bertz CT molecular complexity index is 585. The average molecular weight is 256 g/mol. The van der Waals surface area contributed by atoms with Crippen molar-refractivity contribution in [1.29, 1.82) is 5.26 Å². The summed E-state index contributed by atoms with van der Waals surface area (Å²) in [6.07, 6.45) is 2.20. The highest BCUT2D eigenvalue weighted by Crippen LogP contribution is 2.18. The second-order valence-electron chi connectivity index (χ2n) is 4.36. The van der Waals surface area contributed by atoms with Gasteiger partial charge in [-0.3, -0.25) is 4.68 Å². The van der Waals surface area contributed by atoms with Crippen LogP contribution in [0.1, 0.15) is 36.4 Å². The van der Waals surface area contributed by atoms with E-state index in [-0.39, 0.29) is 0 Å². The molecule has 2 rings (SSSR count). The fraction of sp³-hybridized carbons (Fsp3) is 0.357. The third-order valence-electron chi connectivity index (χ3n) is 2.91. The van der Waals surface area contributed by atoms with Crippen molar-refractivity contribution in [1.82, 2.24) is 14.8 Å². The minimum absolute atomic E-state index is 0.398. The largest absolute Gasteiger partial charge is 0.388 e. The Morgan fingerprint density at radius 2 is 2.32 bits per heavy atom. The minimum atomic E-state index is -0.673. The van der Waals surface area contributed by atoms with Gasteiger partial charge >= 0.3 is 0 Å². The fourth-order valence-corrected chi connectivity index (χ4v) is 1.95. The van der Waals surface area contributed by atoms with Gasteiger partial charge in [0.2, 0.25) is 0 Å². The van der Waals surface area contributed by atoms with Gasteiger partial charge in [-0.1, -0.05) is 19.1 Å². The van der Waals surface area contributed by atoms with E-state index < -0.39 is 6.10 Å². The first-order chi connectivity index (χ1) is 9.24. The van der Waals surface area contributed by atoms with E-state index in [1.807, 2.05) is 6.07 Å². The molecule has 1 aromatic heterocycles. The van der Waals surface area contributed by atoms with Crippen molar-refractivity contribution in [2.75, 3.05) is 0 Å². The third-order valence-corrected chi connectivity index (χ3v) is 2.91. The van der Waals surface area contributed by atoms with Crippen LogP contribution in [0.3, 0.4) is 0 Å². The van der Waals surface area contributed by atoms with Crippen LogP contribution in [0.5, 0.6) is 0 Å². The second-order valence-corrected chi connectivity index (χ2v) is 4.36. The highest BCUT2D eigenvalue weighted by molar-refractivity contribution is 5.33. The number of hydrogen-bond donors (Lipinski definition) is 1. The SMILES string of the molecule is CCCn1ncnc1CC(O)c1cccc(C#N)c1. The maximum Gasteiger partial charge on any atom is 0.138 e. The fourth-order valence-electron chi connectivity index (χ4n) is 1.95. The molecule has 1 aromatic carbocycles. The first-order valence-corrected chi connectivity index (χ1v) is 6.29. The summed E-state index contributed by atoms with van der Waals surface area (Å²) in [6, 6.07) is 9.07. The molecule has 0 amide bonds. The maximum absolute atomic E-state index is 10.2. The van der Waals surface area contributed by atoms with Crippen LogP contribution in [0.4, 0.5) is 0 Å². The Labute approximate surface area is 112 Å². The minimum Gasteiger partial charge on any atom is -0.388 e. The molecule has 5 nitrogen and oxygen atoms in total. The van der Waals surface area contributed by atoms with E-state index in [1.165, 1.54) is 6.33 Å². The van der Waals surface area contributed by atoms with E-state index in [2.05, 4.69) is 23.1 Å². The van der Waals surface area contributed by atoms with E-state index in [4.69, 9.17) is 5.26 Å². The van der Waals surface area contributed by atoms with Gasteiger partial charge < -0.3 is 5.11 Å². The van der Waals surface area contributed by atoms with Crippen LogP contribution >= 0.6 is 0 Å². The second kappa shape index (κ2) is 6.12. The Morgan fingerprint density at radius 1 is 1.47 bits per heavy atom. The summed E-state index contributed by atoms with van der Waals surface area (Å²) in [7, 11) is 0. The van der Waals surface area contributed by atoms with Gasteiger partial charge in [-0.2, -0.15) is 10.4 Å². The first-order valence-electron chi connectivity index (χ1n) is 6.29. The predicted molar refractivity (Wildman–Crippen MR) is 70.1 cm³/mol. The Hall–Kier alpha value is -2.19. The maximum atomic E-state index is 10.2. The summed E-state index contributed by atoms with van der Waals surface area (Å²) < 4.78 is 1.80. The topological polar surface area (TPSA) is 74.7 Å². The van der Waals surface area contributed by atoms with Crippen LogP contribution in [-0.4, -0.2) is 19.9 Å². The summed E-state index contributed by atoms with van der Waals surface area (Å²) in [4.78, 5) is 4.17. The Morgan fingerprint density at radius 3 is 3.05 bits per heavy atom. The van der Waals surface area contributed by atoms with Crippen LogP contribution in [0.25, 0.3) is 0 Å². The van der Waals surface area contributed by atoms with Crippen LogP contribution in [0.2, 0.25) is 0 Å². The molecule has 0 bridgehead atoms. The molecule has 5 heteroatoms. The lowest BCUT2D eigenvalue weighted by molar-refractivity contribution is 0.174. The van der Waals surface area contributed by atoms with Crippen molar-refractivity contribution >= 4 is 0 Å². The number of aliphatic hydroxyl groups excluding tert-OH is 1. The molecule has 1 N–H and O–H groups in total. The van der Waals surface area contributed by atoms with Crippen molar-refractivity contribution in [2.24, 2.45) is 0 Å². The van der Waals surface area contributed by atoms with Gasteiger partial charge in [0.15, 0.2) is 0 Å². The zero-order valence-corrected chi connectivity index (χ0v) is 10.8. The van der Waals surface area contributed by atoms with E-state index in [0.717, 1.165) is 24.4 Å². The van der Waals surface area contributed by atoms with Gasteiger partial charge in [0, 0.05) is 13.0 Å². The van der Waals surface area contributed by atoms with Gasteiger partial charge in [-0.25, -0.2) is 4.98 Å². The van der Waals surface area contributed by atoms with Crippen LogP contribution in [0.15, 0.2) is 30.6 Å². The van der Waals surface area contributed by atoms with E-state index in [1.54, 1.807) is 22.9 Å². The lowest BCUT2D eigenvalue weighted by atomic mass is 10.0. The molecule has 0 aliphatic rings. The molecular formula is C14H16N4O. The zero-order valence-electron chi connectivity index (χ0n) is 10.8. The molecule has 0 aliphatic carbocycles. The number of nitriles is 1. The smallest absolute Gasteiger partial charge is 0.138 e. The lowest BCUT2D eigenvalue weighted by Crippen LogP contribution is -2.10. The number of nitrogens with zero attached hydrogens (tertiary/aromatic N) is 4. The highest BCUT2D eigenvalue weighted by atomic mass is 16.3. The van der Waals surface area contributed by atoms with Gasteiger partial charge in [0.05, 0.1) is 17.7 Å². The van der Waals surface area contributed by atoms with Gasteiger partial charge in [0.25, 0.3) is 0 Å². The summed E-state index contributed by atoms with van der Waals surface area (Å²) in [5, 5.41) is 23.2. The van der Waals surface area contributed by atoms with Crippen LogP contribution < -0.4 is 0 Å². The molecule has 1 heterocycles. The normalized spacial score (nSPS) is 12.1. The van der Waals surface area contributed by atoms with Gasteiger partial charge in [0.1, 0.15) is 12.2 Å². The lowest BCUT2D eigenvalue weighted by Gasteiger charge is -2.11. The molecule has 1 atom stereocenters. The number of benzene rings is 1. The van der Waals surface area contributed by atoms with Crippen molar-refractivity contribution in [3.8, 4) is 6.07 Å². The summed E-state index contributed by atoms with van der Waals surface area (Å²) in [5.41, 5.74) is 1.27. The predicted octanol–water partition coefficient (Wildman–Crippen LogP) is 1.84. The first kappa shape index (κ1) is 13.2. The Kier molecular flexibility index (Phi) is 4.26. The molecule has 1 unspecified atom stereocenters. The monoisotopic (exact) mass is 256 g/mol. The van der Waals surface area contributed by atoms with Gasteiger partial charge in [-0.05, 0) is 24.1 Å². The molecular weight excluding hydrogens is 240 g/mol. The van der Waals surface area contributed by atoms with E-state index >= 15 is 0 Å². The molecule has 98 valence electrons. The number of aryl methyl sites for hydroxylation is 1. The van der Waals surface area contributed by atoms with Gasteiger partial charge in [-0.15, -0.1) is 0 Å². The molecule has 0 saturated carbocycles. The van der Waals surface area contributed by atoms with E-state index in [0.29, 0.717) is 12.0 Å². The zero-order chi connectivity index (χ0) is 13.7. The van der Waals surface area contributed by atoms with E-state index in [9.17, 15) is 5.11 Å². The summed E-state index contributed by atoms with van der Waals surface area (Å²) in [5.74, 6) is 0.761. The quantitative estimate of drug-likeness (QED) is 0.885. The average Bonchev–Trinajstić information content (AvgIpc) is 2.86. The third kappa shape index (κ3) is 3.18. The number of hydrogen-bond acceptors (Lipinski definition) is 4. The standard InChI is InChI=1S/C14H16N4O/c1-2-6-18-14(16-10-17-18)8-13(19)12-5-3-4-11(7-12)9-15/h3-5,7,10,13,19H,2,6,8H2,1H3. The van der Waals surface area contributed by atoms with Crippen molar-refractivity contribution in [2.45, 2.75) is 32.4 Å². The van der Waals surface area contributed by atoms with Crippen molar-refractivity contribution < 1.29 is 5.11 Å². The molecule has 19 heavy (non-hydrogen) atoms. The molecule has 0 fully saturated rings. The molecule has 0 radical (unpaired) electrons. The van der Waals surface area contributed by atoms with Crippen molar-refractivity contribution in [3.05, 3.63) is 47.5 Å². The highest BCUT2D eigenvalue weighted by Gasteiger charge is 2.13. The molecule has 0 spiro atoms. The molecule has 0 saturated heterocycles. The van der Waals surface area contributed by atoms with Crippen molar-refractivity contribution in [3.63, 3.8) is 0 Å². The summed E-state index contributed by atoms with van der Waals surface area (Å²) in [6.45, 7) is 2.86. The molecule has 2 aromatic rings. The summed E-state index contributed by atoms with van der Waals surface area (Å²) >= 11 is 0. The number of rotatable bonds is 5. The number of aliphatic hydroxyl groups is 1.